The van der Waals surface area contributed by atoms with E-state index in [-0.39, 0.29) is 10.4 Å². The van der Waals surface area contributed by atoms with Crippen molar-refractivity contribution >= 4 is 32.0 Å². The fraction of sp³-hybridized carbons (Fsp3) is 0.179. The Balaban J connectivity index is 1.89. The molecule has 0 saturated heterocycles. The maximum absolute atomic E-state index is 13.9. The van der Waals surface area contributed by atoms with Gasteiger partial charge in [0.2, 0.25) is 0 Å². The van der Waals surface area contributed by atoms with Gasteiger partial charge in [-0.1, -0.05) is 35.9 Å². The third-order valence-electron chi connectivity index (χ3n) is 6.44. The van der Waals surface area contributed by atoms with Crippen molar-refractivity contribution in [3.63, 3.8) is 0 Å². The van der Waals surface area contributed by atoms with E-state index in [9.17, 15) is 18.5 Å². The molecule has 2 heterocycles. The van der Waals surface area contributed by atoms with Gasteiger partial charge in [0.15, 0.2) is 0 Å². The van der Waals surface area contributed by atoms with Gasteiger partial charge in [-0.3, -0.25) is 9.55 Å². The van der Waals surface area contributed by atoms with Gasteiger partial charge in [0.1, 0.15) is 5.52 Å². The average molecular weight is 497 g/mol. The van der Waals surface area contributed by atoms with Crippen LogP contribution in [0.4, 0.5) is 0 Å². The molecule has 0 saturated carbocycles. The SMILES string of the molecule is Cc1cccc(S(=O)(=O)n2c(=O)n(-c3ccc(C(C)(C)C#N)cc3)c3c4cc(C)ccc4ncc32)c1. The summed E-state index contributed by atoms with van der Waals surface area (Å²) in [5.41, 5.74) is 2.88. The first-order valence-corrected chi connectivity index (χ1v) is 12.9. The zero-order valence-corrected chi connectivity index (χ0v) is 21.2. The van der Waals surface area contributed by atoms with E-state index in [4.69, 9.17) is 0 Å². The summed E-state index contributed by atoms with van der Waals surface area (Å²) in [4.78, 5) is 18.4. The Morgan fingerprint density at radius 3 is 2.31 bits per heavy atom. The summed E-state index contributed by atoms with van der Waals surface area (Å²) in [7, 11) is -4.22. The van der Waals surface area contributed by atoms with Crippen LogP contribution in [0, 0.1) is 25.2 Å². The number of fused-ring (bicyclic) bond motifs is 3. The molecule has 5 aromatic rings. The van der Waals surface area contributed by atoms with Gasteiger partial charge in [0.05, 0.1) is 39.3 Å². The molecule has 0 atom stereocenters. The fourth-order valence-corrected chi connectivity index (χ4v) is 5.88. The van der Waals surface area contributed by atoms with Gasteiger partial charge in [-0.25, -0.2) is 13.2 Å². The van der Waals surface area contributed by atoms with Crippen molar-refractivity contribution < 1.29 is 8.42 Å². The molecule has 0 N–H and O–H groups in total. The average Bonchev–Trinajstić information content (AvgIpc) is 3.17. The highest BCUT2D eigenvalue weighted by molar-refractivity contribution is 7.90. The molecular weight excluding hydrogens is 472 g/mol. The molecule has 0 spiro atoms. The van der Waals surface area contributed by atoms with Crippen molar-refractivity contribution in [2.75, 3.05) is 0 Å². The first-order chi connectivity index (χ1) is 17.0. The number of aryl methyl sites for hydroxylation is 2. The smallest absolute Gasteiger partial charge is 0.259 e. The van der Waals surface area contributed by atoms with Crippen molar-refractivity contribution in [1.29, 1.82) is 5.26 Å². The number of aromatic nitrogens is 3. The van der Waals surface area contributed by atoms with Crippen molar-refractivity contribution in [1.82, 2.24) is 13.5 Å². The third-order valence-corrected chi connectivity index (χ3v) is 8.12. The molecule has 180 valence electrons. The minimum absolute atomic E-state index is 0.0270. The van der Waals surface area contributed by atoms with Crippen LogP contribution in [0.5, 0.6) is 0 Å². The molecule has 0 fully saturated rings. The van der Waals surface area contributed by atoms with E-state index in [1.807, 2.05) is 39.0 Å². The molecule has 0 bridgehead atoms. The summed E-state index contributed by atoms with van der Waals surface area (Å²) in [6.45, 7) is 7.36. The second-order valence-corrected chi connectivity index (χ2v) is 11.3. The van der Waals surface area contributed by atoms with Crippen molar-refractivity contribution in [2.24, 2.45) is 0 Å². The van der Waals surface area contributed by atoms with E-state index in [0.717, 1.165) is 20.7 Å². The number of benzene rings is 3. The van der Waals surface area contributed by atoms with Crippen LogP contribution in [0.3, 0.4) is 0 Å². The first-order valence-electron chi connectivity index (χ1n) is 11.4. The van der Waals surface area contributed by atoms with Gasteiger partial charge in [0.25, 0.3) is 10.0 Å². The fourth-order valence-electron chi connectivity index (χ4n) is 4.40. The number of nitrogens with zero attached hydrogens (tertiary/aromatic N) is 4. The zero-order chi connectivity index (χ0) is 25.8. The highest BCUT2D eigenvalue weighted by Gasteiger charge is 2.28. The summed E-state index contributed by atoms with van der Waals surface area (Å²) in [5.74, 6) is 0. The Morgan fingerprint density at radius 2 is 1.64 bits per heavy atom. The molecular formula is C28H24N4O3S. The van der Waals surface area contributed by atoms with Crippen LogP contribution in [0.15, 0.2) is 82.6 Å². The number of nitriles is 1. The molecule has 2 aromatic heterocycles. The highest BCUT2D eigenvalue weighted by atomic mass is 32.2. The van der Waals surface area contributed by atoms with Crippen LogP contribution < -0.4 is 5.69 Å². The highest BCUT2D eigenvalue weighted by Crippen LogP contribution is 2.30. The normalized spacial score (nSPS) is 12.2. The molecule has 8 heteroatoms. The lowest BCUT2D eigenvalue weighted by Crippen LogP contribution is -2.29. The number of rotatable bonds is 4. The van der Waals surface area contributed by atoms with E-state index in [2.05, 4.69) is 11.1 Å². The molecule has 7 nitrogen and oxygen atoms in total. The maximum atomic E-state index is 13.9. The number of imidazole rings is 1. The Labute approximate surface area is 208 Å². The Bertz CT molecular complexity index is 1870. The van der Waals surface area contributed by atoms with E-state index < -0.39 is 21.1 Å². The lowest BCUT2D eigenvalue weighted by molar-refractivity contribution is 0.586. The summed E-state index contributed by atoms with van der Waals surface area (Å²) in [6.07, 6.45) is 1.44. The van der Waals surface area contributed by atoms with Gasteiger partial charge in [-0.05, 0) is 75.2 Å². The topological polar surface area (TPSA) is 97.8 Å². The van der Waals surface area contributed by atoms with Gasteiger partial charge < -0.3 is 0 Å². The molecule has 3 aromatic carbocycles. The largest absolute Gasteiger partial charge is 0.348 e. The zero-order valence-electron chi connectivity index (χ0n) is 20.4. The van der Waals surface area contributed by atoms with E-state index in [0.29, 0.717) is 22.1 Å². The molecule has 36 heavy (non-hydrogen) atoms. The van der Waals surface area contributed by atoms with E-state index in [1.54, 1.807) is 49.4 Å². The van der Waals surface area contributed by atoms with E-state index in [1.165, 1.54) is 16.8 Å². The summed E-state index contributed by atoms with van der Waals surface area (Å²) < 4.78 is 29.8. The molecule has 0 amide bonds. The summed E-state index contributed by atoms with van der Waals surface area (Å²) in [5, 5.41) is 10.2. The minimum atomic E-state index is -4.22. The molecule has 5 rings (SSSR count). The first kappa shape index (κ1) is 23.5. The van der Waals surface area contributed by atoms with Crippen LogP contribution in [-0.2, 0) is 15.4 Å². The third kappa shape index (κ3) is 3.60. The van der Waals surface area contributed by atoms with Gasteiger partial charge >= 0.3 is 5.69 Å². The standard InChI is InChI=1S/C28H24N4O3S/c1-18-6-5-7-22(14-18)36(34,35)32-25-16-30-24-13-8-19(2)15-23(24)26(25)31(27(32)33)21-11-9-20(10-12-21)28(3,4)17-29/h5-16H,1-4H3. The van der Waals surface area contributed by atoms with E-state index >= 15 is 0 Å². The van der Waals surface area contributed by atoms with Crippen LogP contribution in [0.2, 0.25) is 0 Å². The predicted molar refractivity (Wildman–Crippen MR) is 140 cm³/mol. The monoisotopic (exact) mass is 496 g/mol. The lowest BCUT2D eigenvalue weighted by atomic mass is 9.86. The van der Waals surface area contributed by atoms with Crippen molar-refractivity contribution in [2.45, 2.75) is 38.0 Å². The molecule has 0 unspecified atom stereocenters. The second kappa shape index (κ2) is 8.18. The van der Waals surface area contributed by atoms with Crippen LogP contribution in [0.25, 0.3) is 27.6 Å². The Hall–Kier alpha value is -4.22. The summed E-state index contributed by atoms with van der Waals surface area (Å²) in [6, 6.07) is 21.5. The number of hydrogen-bond acceptors (Lipinski definition) is 5. The maximum Gasteiger partial charge on any atom is 0.348 e. The molecule has 0 aliphatic rings. The lowest BCUT2D eigenvalue weighted by Gasteiger charge is -2.16. The number of pyridine rings is 1. The van der Waals surface area contributed by atoms with Crippen molar-refractivity contribution in [3.8, 4) is 11.8 Å². The second-order valence-electron chi connectivity index (χ2n) is 9.50. The predicted octanol–water partition coefficient (Wildman–Crippen LogP) is 5.00. The van der Waals surface area contributed by atoms with Crippen LogP contribution in [0.1, 0.15) is 30.5 Å². The van der Waals surface area contributed by atoms with Gasteiger partial charge in [-0.15, -0.1) is 0 Å². The van der Waals surface area contributed by atoms with Crippen molar-refractivity contribution in [3.05, 3.63) is 100 Å². The summed E-state index contributed by atoms with van der Waals surface area (Å²) >= 11 is 0. The molecule has 0 aliphatic heterocycles. The molecule has 0 aliphatic carbocycles. The Morgan fingerprint density at radius 1 is 0.944 bits per heavy atom. The minimum Gasteiger partial charge on any atom is -0.259 e. The Kier molecular flexibility index (Phi) is 5.34. The quantitative estimate of drug-likeness (QED) is 0.349. The molecule has 0 radical (unpaired) electrons. The van der Waals surface area contributed by atoms with Crippen LogP contribution >= 0.6 is 0 Å². The van der Waals surface area contributed by atoms with Crippen LogP contribution in [-0.4, -0.2) is 21.9 Å². The van der Waals surface area contributed by atoms with Gasteiger partial charge in [-0.2, -0.15) is 9.23 Å². The number of hydrogen-bond donors (Lipinski definition) is 0. The van der Waals surface area contributed by atoms with Gasteiger partial charge in [0, 0.05) is 5.39 Å².